The topological polar surface area (TPSA) is 9.29 Å². The minimum atomic E-state index is 0.647. The molecule has 9 aromatic carbocycles. The molecule has 0 aliphatic rings. The van der Waals surface area contributed by atoms with E-state index >= 15 is 0 Å². The van der Waals surface area contributed by atoms with E-state index in [1.807, 2.05) is 18.2 Å². The van der Waals surface area contributed by atoms with Crippen LogP contribution in [0.15, 0.2) is 158 Å². The van der Waals surface area contributed by atoms with Crippen molar-refractivity contribution in [1.82, 2.24) is 4.57 Å². The van der Waals surface area contributed by atoms with Gasteiger partial charge in [-0.2, -0.15) is 0 Å². The zero-order valence-corrected chi connectivity index (χ0v) is 25.4. The van der Waals surface area contributed by atoms with Crippen LogP contribution in [0.1, 0.15) is 0 Å². The maximum Gasteiger partial charge on any atom is 0.189 e. The Labute approximate surface area is 271 Å². The minimum absolute atomic E-state index is 0.647. The molecule has 0 fully saturated rings. The number of hydrogen-bond donors (Lipinski definition) is 0. The first-order chi connectivity index (χ1) is 23.2. The maximum absolute atomic E-state index is 7.62. The monoisotopic (exact) mass is 594 g/mol. The number of hydrogen-bond acceptors (Lipinski definition) is 0. The summed E-state index contributed by atoms with van der Waals surface area (Å²) >= 11 is 0. The Balaban J connectivity index is 1.15. The molecular formula is C45H26N2. The van der Waals surface area contributed by atoms with Gasteiger partial charge in [0.2, 0.25) is 0 Å². The van der Waals surface area contributed by atoms with Gasteiger partial charge in [-0.15, -0.1) is 0 Å². The van der Waals surface area contributed by atoms with Crippen LogP contribution in [0.3, 0.4) is 0 Å². The van der Waals surface area contributed by atoms with Gasteiger partial charge in [-0.25, -0.2) is 4.85 Å². The molecule has 10 aromatic rings. The van der Waals surface area contributed by atoms with E-state index in [9.17, 15) is 0 Å². The third kappa shape index (κ3) is 3.91. The fourth-order valence-corrected chi connectivity index (χ4v) is 7.65. The summed E-state index contributed by atoms with van der Waals surface area (Å²) in [6.07, 6.45) is 0. The van der Waals surface area contributed by atoms with Gasteiger partial charge in [-0.1, -0.05) is 103 Å². The van der Waals surface area contributed by atoms with Gasteiger partial charge in [0.25, 0.3) is 0 Å². The summed E-state index contributed by atoms with van der Waals surface area (Å²) in [7, 11) is 0. The first kappa shape index (κ1) is 25.9. The minimum Gasteiger partial charge on any atom is -0.310 e. The Kier molecular flexibility index (Phi) is 5.38. The number of nitrogens with zero attached hydrogens (tertiary/aromatic N) is 2. The van der Waals surface area contributed by atoms with Crippen LogP contribution in [0.25, 0.3) is 97.7 Å². The van der Waals surface area contributed by atoms with Crippen LogP contribution < -0.4 is 0 Å². The first-order valence-electron chi connectivity index (χ1n) is 16.0. The Morgan fingerprint density at radius 1 is 0.383 bits per heavy atom. The largest absolute Gasteiger partial charge is 0.310 e. The van der Waals surface area contributed by atoms with Crippen molar-refractivity contribution in [2.45, 2.75) is 0 Å². The molecule has 0 saturated carbocycles. The lowest BCUT2D eigenvalue weighted by atomic mass is 9.89. The molecule has 0 radical (unpaired) electrons. The van der Waals surface area contributed by atoms with E-state index in [1.54, 1.807) is 0 Å². The van der Waals surface area contributed by atoms with Gasteiger partial charge < -0.3 is 4.57 Å². The molecule has 2 nitrogen and oxygen atoms in total. The van der Waals surface area contributed by atoms with E-state index in [4.69, 9.17) is 6.57 Å². The van der Waals surface area contributed by atoms with Crippen molar-refractivity contribution in [2.24, 2.45) is 0 Å². The summed E-state index contributed by atoms with van der Waals surface area (Å²) in [5, 5.41) is 12.5. The van der Waals surface area contributed by atoms with Crippen molar-refractivity contribution >= 4 is 70.6 Å². The third-order valence-electron chi connectivity index (χ3n) is 9.84. The van der Waals surface area contributed by atoms with Gasteiger partial charge >= 0.3 is 0 Å². The summed E-state index contributed by atoms with van der Waals surface area (Å²) < 4.78 is 2.29. The molecule has 1 aromatic heterocycles. The molecule has 2 heteroatoms. The Hall–Kier alpha value is -6.43. The van der Waals surface area contributed by atoms with Crippen molar-refractivity contribution < 1.29 is 0 Å². The van der Waals surface area contributed by atoms with Crippen molar-refractivity contribution in [1.29, 1.82) is 0 Å². The average molecular weight is 595 g/mol. The van der Waals surface area contributed by atoms with E-state index < -0.39 is 0 Å². The molecule has 0 amide bonds. The Bertz CT molecular complexity index is 2840. The summed E-state index contributed by atoms with van der Waals surface area (Å²) in [5.41, 5.74) is 8.78. The predicted octanol–water partition coefficient (Wildman–Crippen LogP) is 12.7. The standard InChI is InChI=1S/C45H26N2/c1-46-38-18-20-41-40-19-17-31(26-42(40)47(43(41)27-38)39-9-3-2-4-10-39)37-24-34-15-13-32-22-36(23-33-14-16-35(25-37)45(34)44(32)33)30-12-11-28-7-5-6-8-29(28)21-30/h2-27H. The summed E-state index contributed by atoms with van der Waals surface area (Å²) in [6, 6.07) is 57.0. The fraction of sp³-hybridized carbons (Fsp3) is 0. The van der Waals surface area contributed by atoms with E-state index in [2.05, 4.69) is 149 Å². The van der Waals surface area contributed by atoms with E-state index in [0.717, 1.165) is 22.1 Å². The smallest absolute Gasteiger partial charge is 0.189 e. The van der Waals surface area contributed by atoms with Gasteiger partial charge in [-0.3, -0.25) is 0 Å². The van der Waals surface area contributed by atoms with Crippen LogP contribution in [-0.4, -0.2) is 4.57 Å². The zero-order chi connectivity index (χ0) is 31.1. The number of para-hydroxylation sites is 1. The summed E-state index contributed by atoms with van der Waals surface area (Å²) in [4.78, 5) is 3.73. The van der Waals surface area contributed by atoms with Crippen LogP contribution in [0, 0.1) is 6.57 Å². The molecule has 0 aliphatic carbocycles. The lowest BCUT2D eigenvalue weighted by Crippen LogP contribution is -1.93. The highest BCUT2D eigenvalue weighted by atomic mass is 15.0. The van der Waals surface area contributed by atoms with E-state index in [1.165, 1.54) is 70.7 Å². The molecule has 10 rings (SSSR count). The summed E-state index contributed by atoms with van der Waals surface area (Å²) in [6.45, 7) is 7.62. The molecule has 47 heavy (non-hydrogen) atoms. The first-order valence-corrected chi connectivity index (χ1v) is 16.0. The number of rotatable bonds is 3. The van der Waals surface area contributed by atoms with Crippen LogP contribution in [-0.2, 0) is 0 Å². The lowest BCUT2D eigenvalue weighted by Gasteiger charge is -2.15. The van der Waals surface area contributed by atoms with Gasteiger partial charge in [-0.05, 0) is 120 Å². The highest BCUT2D eigenvalue weighted by molar-refractivity contribution is 6.24. The molecule has 0 aliphatic heterocycles. The van der Waals surface area contributed by atoms with E-state index in [-0.39, 0.29) is 0 Å². The average Bonchev–Trinajstić information content (AvgIpc) is 3.46. The van der Waals surface area contributed by atoms with Gasteiger partial charge in [0.1, 0.15) is 0 Å². The Morgan fingerprint density at radius 3 is 1.51 bits per heavy atom. The van der Waals surface area contributed by atoms with Crippen LogP contribution in [0.2, 0.25) is 0 Å². The number of aromatic nitrogens is 1. The second-order valence-corrected chi connectivity index (χ2v) is 12.5. The van der Waals surface area contributed by atoms with Crippen LogP contribution in [0.5, 0.6) is 0 Å². The molecule has 0 N–H and O–H groups in total. The van der Waals surface area contributed by atoms with Crippen LogP contribution >= 0.6 is 0 Å². The van der Waals surface area contributed by atoms with Gasteiger partial charge in [0.15, 0.2) is 5.69 Å². The molecule has 0 spiro atoms. The van der Waals surface area contributed by atoms with Gasteiger partial charge in [0.05, 0.1) is 12.1 Å². The van der Waals surface area contributed by atoms with Crippen LogP contribution in [0.4, 0.5) is 5.69 Å². The summed E-state index contributed by atoms with van der Waals surface area (Å²) in [5.74, 6) is 0. The molecular weight excluding hydrogens is 569 g/mol. The molecule has 0 bridgehead atoms. The number of fused-ring (bicyclic) bond motifs is 4. The second kappa shape index (κ2) is 9.78. The lowest BCUT2D eigenvalue weighted by molar-refractivity contribution is 1.18. The van der Waals surface area contributed by atoms with Crippen molar-refractivity contribution in [3.8, 4) is 27.9 Å². The highest BCUT2D eigenvalue weighted by Crippen LogP contribution is 2.41. The van der Waals surface area contributed by atoms with Crippen molar-refractivity contribution in [2.75, 3.05) is 0 Å². The van der Waals surface area contributed by atoms with Crippen molar-refractivity contribution in [3.05, 3.63) is 169 Å². The quantitative estimate of drug-likeness (QED) is 0.142. The van der Waals surface area contributed by atoms with E-state index in [0.29, 0.717) is 5.69 Å². The third-order valence-corrected chi connectivity index (χ3v) is 9.84. The molecule has 0 unspecified atom stereocenters. The zero-order valence-electron chi connectivity index (χ0n) is 25.4. The fourth-order valence-electron chi connectivity index (χ4n) is 7.65. The second-order valence-electron chi connectivity index (χ2n) is 12.5. The Morgan fingerprint density at radius 2 is 0.872 bits per heavy atom. The number of benzene rings is 9. The molecule has 0 atom stereocenters. The van der Waals surface area contributed by atoms with Crippen molar-refractivity contribution in [3.63, 3.8) is 0 Å². The molecule has 1 heterocycles. The normalized spacial score (nSPS) is 11.8. The SMILES string of the molecule is [C-]#[N+]c1ccc2c3ccc(-c4cc5ccc6cc(-c7ccc8ccccc8c7)cc7ccc(c4)c5c67)cc3n(-c3ccccc3)c2c1. The van der Waals surface area contributed by atoms with Gasteiger partial charge in [0, 0.05) is 22.0 Å². The maximum atomic E-state index is 7.62. The predicted molar refractivity (Wildman–Crippen MR) is 199 cm³/mol. The molecule has 0 saturated heterocycles. The highest BCUT2D eigenvalue weighted by Gasteiger charge is 2.16. The molecule has 216 valence electrons.